The maximum Gasteiger partial charge on any atom is 0.0796 e. The van der Waals surface area contributed by atoms with Crippen LogP contribution in [0.4, 0.5) is 0 Å². The zero-order chi connectivity index (χ0) is 12.5. The van der Waals surface area contributed by atoms with Gasteiger partial charge in [-0.2, -0.15) is 0 Å². The van der Waals surface area contributed by atoms with Gasteiger partial charge in [-0.25, -0.2) is 0 Å². The lowest BCUT2D eigenvalue weighted by Crippen LogP contribution is -2.11. The van der Waals surface area contributed by atoms with Crippen molar-refractivity contribution >= 4 is 0 Å². The number of hydrogen-bond acceptors (Lipinski definition) is 1. The lowest BCUT2D eigenvalue weighted by Gasteiger charge is -2.19. The molecule has 0 bridgehead atoms. The molecule has 0 fully saturated rings. The van der Waals surface area contributed by atoms with Crippen molar-refractivity contribution in [3.05, 3.63) is 35.9 Å². The summed E-state index contributed by atoms with van der Waals surface area (Å²) in [5.74, 6) is 0.723. The van der Waals surface area contributed by atoms with E-state index in [2.05, 4.69) is 45.0 Å². The predicted molar refractivity (Wildman–Crippen MR) is 74.1 cm³/mol. The second kappa shape index (κ2) is 8.30. The number of ether oxygens (including phenoxy) is 1. The fourth-order valence-corrected chi connectivity index (χ4v) is 2.00. The third-order valence-corrected chi connectivity index (χ3v) is 3.39. The van der Waals surface area contributed by atoms with E-state index in [1.54, 1.807) is 0 Å². The molecule has 1 aromatic carbocycles. The molecule has 96 valence electrons. The molecular formula is C16H26O. The number of hydrogen-bond donors (Lipinski definition) is 0. The highest BCUT2D eigenvalue weighted by Crippen LogP contribution is 2.20. The zero-order valence-corrected chi connectivity index (χ0v) is 11.5. The minimum absolute atomic E-state index is 0.215. The highest BCUT2D eigenvalue weighted by molar-refractivity contribution is 5.16. The van der Waals surface area contributed by atoms with Gasteiger partial charge in [-0.1, -0.05) is 63.4 Å². The number of rotatable bonds is 8. The van der Waals surface area contributed by atoms with E-state index < -0.39 is 0 Å². The molecule has 1 rings (SSSR count). The minimum Gasteiger partial charge on any atom is -0.374 e. The van der Waals surface area contributed by atoms with Gasteiger partial charge in [0.1, 0.15) is 0 Å². The van der Waals surface area contributed by atoms with E-state index in [0.29, 0.717) is 0 Å². The van der Waals surface area contributed by atoms with Crippen LogP contribution in [0.3, 0.4) is 0 Å². The highest BCUT2D eigenvalue weighted by Gasteiger charge is 2.10. The van der Waals surface area contributed by atoms with Gasteiger partial charge in [0.25, 0.3) is 0 Å². The lowest BCUT2D eigenvalue weighted by molar-refractivity contribution is 0.0358. The molecule has 0 aromatic heterocycles. The van der Waals surface area contributed by atoms with Gasteiger partial charge < -0.3 is 4.74 Å². The molecule has 2 unspecified atom stereocenters. The Bertz CT molecular complexity index is 281. The van der Waals surface area contributed by atoms with Gasteiger partial charge in [0, 0.05) is 0 Å². The summed E-state index contributed by atoms with van der Waals surface area (Å²) in [6, 6.07) is 10.5. The lowest BCUT2D eigenvalue weighted by atomic mass is 10.0. The molecule has 1 heteroatoms. The Morgan fingerprint density at radius 1 is 1.12 bits per heavy atom. The highest BCUT2D eigenvalue weighted by atomic mass is 16.5. The average Bonchev–Trinajstić information content (AvgIpc) is 2.39. The molecule has 0 saturated carbocycles. The molecule has 0 N–H and O–H groups in total. The minimum atomic E-state index is 0.215. The predicted octanol–water partition coefficient (Wildman–Crippen LogP) is 4.98. The SMILES string of the molecule is CCCCC(CC)COC(C)c1ccccc1. The third kappa shape index (κ3) is 5.36. The number of benzene rings is 1. The first-order valence-corrected chi connectivity index (χ1v) is 6.94. The topological polar surface area (TPSA) is 9.23 Å². The van der Waals surface area contributed by atoms with Gasteiger partial charge >= 0.3 is 0 Å². The molecule has 0 aliphatic rings. The maximum atomic E-state index is 5.98. The fourth-order valence-electron chi connectivity index (χ4n) is 2.00. The molecule has 1 aromatic rings. The Labute approximate surface area is 106 Å². The Kier molecular flexibility index (Phi) is 6.95. The molecule has 17 heavy (non-hydrogen) atoms. The van der Waals surface area contributed by atoms with E-state index in [4.69, 9.17) is 4.74 Å². The quantitative estimate of drug-likeness (QED) is 0.616. The van der Waals surface area contributed by atoms with Crippen molar-refractivity contribution in [1.29, 1.82) is 0 Å². The van der Waals surface area contributed by atoms with E-state index in [-0.39, 0.29) is 6.10 Å². The average molecular weight is 234 g/mol. The van der Waals surface area contributed by atoms with Crippen LogP contribution in [0.5, 0.6) is 0 Å². The number of unbranched alkanes of at least 4 members (excludes halogenated alkanes) is 1. The van der Waals surface area contributed by atoms with Crippen molar-refractivity contribution in [2.45, 2.75) is 52.6 Å². The summed E-state index contributed by atoms with van der Waals surface area (Å²) in [5, 5.41) is 0. The molecule has 0 spiro atoms. The molecule has 0 radical (unpaired) electrons. The van der Waals surface area contributed by atoms with Crippen molar-refractivity contribution < 1.29 is 4.74 Å². The van der Waals surface area contributed by atoms with Crippen LogP contribution in [0.2, 0.25) is 0 Å². The van der Waals surface area contributed by atoms with Gasteiger partial charge in [0.2, 0.25) is 0 Å². The summed E-state index contributed by atoms with van der Waals surface area (Å²) in [4.78, 5) is 0. The Hall–Kier alpha value is -0.820. The largest absolute Gasteiger partial charge is 0.374 e. The Balaban J connectivity index is 2.33. The molecule has 0 aliphatic carbocycles. The normalized spacial score (nSPS) is 14.5. The van der Waals surface area contributed by atoms with Crippen LogP contribution >= 0.6 is 0 Å². The molecule has 0 heterocycles. The summed E-state index contributed by atoms with van der Waals surface area (Å²) in [6.45, 7) is 7.55. The van der Waals surface area contributed by atoms with Crippen molar-refractivity contribution in [2.24, 2.45) is 5.92 Å². The van der Waals surface area contributed by atoms with Gasteiger partial charge in [-0.05, 0) is 24.8 Å². The van der Waals surface area contributed by atoms with Crippen molar-refractivity contribution in [1.82, 2.24) is 0 Å². The molecule has 1 nitrogen and oxygen atoms in total. The van der Waals surface area contributed by atoms with Crippen LogP contribution in [0.15, 0.2) is 30.3 Å². The summed E-state index contributed by atoms with van der Waals surface area (Å²) in [7, 11) is 0. The van der Waals surface area contributed by atoms with Crippen LogP contribution in [-0.2, 0) is 4.74 Å². The molecule has 2 atom stereocenters. The Morgan fingerprint density at radius 3 is 2.41 bits per heavy atom. The van der Waals surface area contributed by atoms with Crippen LogP contribution in [0.25, 0.3) is 0 Å². The first kappa shape index (κ1) is 14.2. The van der Waals surface area contributed by atoms with Crippen LogP contribution in [0, 0.1) is 5.92 Å². The van der Waals surface area contributed by atoms with E-state index in [1.165, 1.54) is 31.2 Å². The molecule has 0 saturated heterocycles. The van der Waals surface area contributed by atoms with E-state index in [1.807, 2.05) is 6.07 Å². The van der Waals surface area contributed by atoms with Gasteiger partial charge in [0.05, 0.1) is 12.7 Å². The zero-order valence-electron chi connectivity index (χ0n) is 11.5. The molecular weight excluding hydrogens is 208 g/mol. The van der Waals surface area contributed by atoms with Crippen LogP contribution in [0.1, 0.15) is 58.1 Å². The second-order valence-electron chi connectivity index (χ2n) is 4.80. The summed E-state index contributed by atoms with van der Waals surface area (Å²) < 4.78 is 5.98. The van der Waals surface area contributed by atoms with Crippen LogP contribution in [-0.4, -0.2) is 6.61 Å². The second-order valence-corrected chi connectivity index (χ2v) is 4.80. The molecule has 0 amide bonds. The first-order chi connectivity index (χ1) is 8.27. The van der Waals surface area contributed by atoms with Crippen molar-refractivity contribution in [3.8, 4) is 0 Å². The first-order valence-electron chi connectivity index (χ1n) is 6.94. The van der Waals surface area contributed by atoms with Crippen molar-refractivity contribution in [3.63, 3.8) is 0 Å². The summed E-state index contributed by atoms with van der Waals surface area (Å²) >= 11 is 0. The van der Waals surface area contributed by atoms with Gasteiger partial charge in [-0.3, -0.25) is 0 Å². The van der Waals surface area contributed by atoms with Crippen LogP contribution < -0.4 is 0 Å². The fraction of sp³-hybridized carbons (Fsp3) is 0.625. The van der Waals surface area contributed by atoms with E-state index in [9.17, 15) is 0 Å². The standard InChI is InChI=1S/C16H26O/c1-4-6-10-15(5-2)13-17-14(3)16-11-8-7-9-12-16/h7-9,11-12,14-15H,4-6,10,13H2,1-3H3. The Morgan fingerprint density at radius 2 is 1.82 bits per heavy atom. The monoisotopic (exact) mass is 234 g/mol. The maximum absolute atomic E-state index is 5.98. The van der Waals surface area contributed by atoms with E-state index >= 15 is 0 Å². The van der Waals surface area contributed by atoms with Gasteiger partial charge in [0.15, 0.2) is 0 Å². The summed E-state index contributed by atoms with van der Waals surface area (Å²) in [5.41, 5.74) is 1.28. The third-order valence-electron chi connectivity index (χ3n) is 3.39. The smallest absolute Gasteiger partial charge is 0.0796 e. The molecule has 0 aliphatic heterocycles. The van der Waals surface area contributed by atoms with Gasteiger partial charge in [-0.15, -0.1) is 0 Å². The summed E-state index contributed by atoms with van der Waals surface area (Å²) in [6.07, 6.45) is 5.34. The van der Waals surface area contributed by atoms with Crippen molar-refractivity contribution in [2.75, 3.05) is 6.61 Å². The van der Waals surface area contributed by atoms with E-state index in [0.717, 1.165) is 12.5 Å².